The van der Waals surface area contributed by atoms with Crippen molar-refractivity contribution < 1.29 is 0 Å². The second-order valence-corrected chi connectivity index (χ2v) is 13.2. The van der Waals surface area contributed by atoms with Crippen molar-refractivity contribution in [2.45, 2.75) is 0 Å². The summed E-state index contributed by atoms with van der Waals surface area (Å²) in [6, 6.07) is 68.6. The van der Waals surface area contributed by atoms with E-state index in [2.05, 4.69) is 194 Å². The van der Waals surface area contributed by atoms with E-state index in [1.807, 2.05) is 0 Å². The molecule has 0 bridgehead atoms. The largest absolute Gasteiger partial charge is 0.397 e. The number of rotatable bonds is 6. The Morgan fingerprint density at radius 2 is 0.538 bits per heavy atom. The molecule has 2 nitrogen and oxygen atoms in total. The average molecular weight is 665 g/mol. The van der Waals surface area contributed by atoms with Gasteiger partial charge in [0.15, 0.2) is 0 Å². The van der Waals surface area contributed by atoms with Crippen LogP contribution in [0.1, 0.15) is 0 Å². The van der Waals surface area contributed by atoms with Gasteiger partial charge in [0.2, 0.25) is 0 Å². The average Bonchev–Trinajstić information content (AvgIpc) is 3.22. The second kappa shape index (κ2) is 13.1. The molecule has 52 heavy (non-hydrogen) atoms. The molecule has 4 N–H and O–H groups in total. The van der Waals surface area contributed by atoms with Gasteiger partial charge in [0, 0.05) is 22.3 Å². The Morgan fingerprint density at radius 1 is 0.231 bits per heavy atom. The normalized spacial score (nSPS) is 11.2. The lowest BCUT2D eigenvalue weighted by atomic mass is 9.76. The topological polar surface area (TPSA) is 52.0 Å². The minimum atomic E-state index is 0.563. The summed E-state index contributed by atoms with van der Waals surface area (Å²) >= 11 is 0. The van der Waals surface area contributed by atoms with Crippen LogP contribution in [-0.2, 0) is 0 Å². The van der Waals surface area contributed by atoms with Crippen LogP contribution in [-0.4, -0.2) is 0 Å². The fourth-order valence-corrected chi connectivity index (χ4v) is 7.91. The van der Waals surface area contributed by atoms with Crippen LogP contribution in [0.5, 0.6) is 0 Å². The lowest BCUT2D eigenvalue weighted by Gasteiger charge is -2.28. The molecule has 0 atom stereocenters. The van der Waals surface area contributed by atoms with Crippen LogP contribution in [0.4, 0.5) is 11.4 Å². The monoisotopic (exact) mass is 664 g/mol. The molecular formula is C50H36N2. The van der Waals surface area contributed by atoms with Crippen molar-refractivity contribution in [3.63, 3.8) is 0 Å². The molecule has 0 aliphatic carbocycles. The molecule has 0 aliphatic rings. The van der Waals surface area contributed by atoms with E-state index in [9.17, 15) is 0 Å². The molecular weight excluding hydrogens is 629 g/mol. The SMILES string of the molecule is Nc1c(N)c(-c2cccc3ccccc23)c(-c2cccc3ccccc23)c(-c2ccccc2-c2ccccc2)c1-c1ccccc1-c1ccccc1. The first-order valence-corrected chi connectivity index (χ1v) is 17.7. The van der Waals surface area contributed by atoms with Crippen LogP contribution in [0.25, 0.3) is 88.3 Å². The van der Waals surface area contributed by atoms with E-state index < -0.39 is 0 Å². The number of hydrogen-bond acceptors (Lipinski definition) is 2. The molecule has 0 aromatic heterocycles. The molecule has 2 heteroatoms. The lowest BCUT2D eigenvalue weighted by molar-refractivity contribution is 1.53. The molecule has 0 heterocycles. The molecule has 0 aliphatic heterocycles. The number of nitrogen functional groups attached to an aromatic ring is 2. The van der Waals surface area contributed by atoms with E-state index in [0.717, 1.165) is 88.3 Å². The highest BCUT2D eigenvalue weighted by Gasteiger charge is 2.29. The molecule has 9 aromatic carbocycles. The van der Waals surface area contributed by atoms with Crippen LogP contribution in [0.2, 0.25) is 0 Å². The number of benzene rings is 9. The summed E-state index contributed by atoms with van der Waals surface area (Å²) in [5.74, 6) is 0. The van der Waals surface area contributed by atoms with Crippen molar-refractivity contribution in [3.8, 4) is 66.8 Å². The molecule has 0 spiro atoms. The molecule has 9 rings (SSSR count). The van der Waals surface area contributed by atoms with Crippen LogP contribution in [0, 0.1) is 0 Å². The van der Waals surface area contributed by atoms with Gasteiger partial charge < -0.3 is 11.5 Å². The molecule has 0 unspecified atom stereocenters. The highest BCUT2D eigenvalue weighted by molar-refractivity contribution is 6.19. The molecule has 0 saturated heterocycles. The fraction of sp³-hybridized carbons (Fsp3) is 0. The summed E-state index contributed by atoms with van der Waals surface area (Å²) in [4.78, 5) is 0. The third-order valence-electron chi connectivity index (χ3n) is 10.3. The second-order valence-electron chi connectivity index (χ2n) is 13.2. The van der Waals surface area contributed by atoms with E-state index in [0.29, 0.717) is 11.4 Å². The summed E-state index contributed by atoms with van der Waals surface area (Å²) in [6.07, 6.45) is 0. The van der Waals surface area contributed by atoms with Gasteiger partial charge in [-0.05, 0) is 66.1 Å². The Kier molecular flexibility index (Phi) is 7.83. The molecule has 9 aromatic rings. The Hall–Kier alpha value is -6.90. The summed E-state index contributed by atoms with van der Waals surface area (Å²) in [6.45, 7) is 0. The number of nitrogens with two attached hydrogens (primary N) is 2. The van der Waals surface area contributed by atoms with Gasteiger partial charge in [0.25, 0.3) is 0 Å². The first-order chi connectivity index (χ1) is 25.7. The van der Waals surface area contributed by atoms with Crippen molar-refractivity contribution in [1.29, 1.82) is 0 Å². The van der Waals surface area contributed by atoms with Crippen molar-refractivity contribution in [3.05, 3.63) is 194 Å². The Labute approximate surface area is 304 Å². The van der Waals surface area contributed by atoms with Gasteiger partial charge in [-0.3, -0.25) is 0 Å². The summed E-state index contributed by atoms with van der Waals surface area (Å²) in [7, 11) is 0. The van der Waals surface area contributed by atoms with Gasteiger partial charge in [-0.2, -0.15) is 0 Å². The van der Waals surface area contributed by atoms with E-state index in [1.165, 1.54) is 0 Å². The van der Waals surface area contributed by atoms with Gasteiger partial charge in [0.1, 0.15) is 0 Å². The van der Waals surface area contributed by atoms with Crippen LogP contribution in [0.3, 0.4) is 0 Å². The maximum Gasteiger partial charge on any atom is 0.0640 e. The maximum atomic E-state index is 7.51. The summed E-state index contributed by atoms with van der Waals surface area (Å²) < 4.78 is 0. The van der Waals surface area contributed by atoms with Crippen molar-refractivity contribution in [2.24, 2.45) is 0 Å². The predicted octanol–water partition coefficient (Wildman–Crippen LogP) is 13.2. The zero-order valence-corrected chi connectivity index (χ0v) is 28.6. The number of hydrogen-bond donors (Lipinski definition) is 2. The number of fused-ring (bicyclic) bond motifs is 2. The molecule has 246 valence electrons. The van der Waals surface area contributed by atoms with E-state index in [-0.39, 0.29) is 0 Å². The van der Waals surface area contributed by atoms with Crippen molar-refractivity contribution in [2.75, 3.05) is 11.5 Å². The Balaban J connectivity index is 1.54. The third kappa shape index (κ3) is 5.21. The van der Waals surface area contributed by atoms with Gasteiger partial charge in [-0.25, -0.2) is 0 Å². The molecule has 0 radical (unpaired) electrons. The number of anilines is 2. The van der Waals surface area contributed by atoms with E-state index in [4.69, 9.17) is 11.5 Å². The maximum absolute atomic E-state index is 7.51. The van der Waals surface area contributed by atoms with Gasteiger partial charge in [-0.15, -0.1) is 0 Å². The highest BCUT2D eigenvalue weighted by atomic mass is 14.7. The standard InChI is InChI=1S/C50H36N2/c51-49-47(43-30-14-12-28-39(43)34-19-5-2-6-20-34)45(41-29-13-11-27-37(41)33-17-3-1-4-18-33)46(42-31-15-23-35-21-7-9-25-38(35)42)48(50(49)52)44-32-16-24-36-22-8-10-26-40(36)44/h1-32H,51-52H2. The Morgan fingerprint density at radius 3 is 1.04 bits per heavy atom. The van der Waals surface area contributed by atoms with Gasteiger partial charge in [-0.1, -0.05) is 194 Å². The first-order valence-electron chi connectivity index (χ1n) is 17.7. The Bertz CT molecular complexity index is 2740. The van der Waals surface area contributed by atoms with Crippen LogP contribution >= 0.6 is 0 Å². The van der Waals surface area contributed by atoms with E-state index in [1.54, 1.807) is 0 Å². The molecule has 0 amide bonds. The summed E-state index contributed by atoms with van der Waals surface area (Å²) in [5, 5.41) is 4.58. The third-order valence-corrected chi connectivity index (χ3v) is 10.3. The molecule has 0 fully saturated rings. The van der Waals surface area contributed by atoms with Gasteiger partial charge in [0.05, 0.1) is 11.4 Å². The van der Waals surface area contributed by atoms with Crippen molar-refractivity contribution in [1.82, 2.24) is 0 Å². The van der Waals surface area contributed by atoms with Gasteiger partial charge >= 0.3 is 0 Å². The van der Waals surface area contributed by atoms with Crippen LogP contribution in [0.15, 0.2) is 194 Å². The van der Waals surface area contributed by atoms with Crippen molar-refractivity contribution >= 4 is 32.9 Å². The van der Waals surface area contributed by atoms with E-state index >= 15 is 0 Å². The fourth-order valence-electron chi connectivity index (χ4n) is 7.91. The zero-order valence-electron chi connectivity index (χ0n) is 28.6. The highest BCUT2D eigenvalue weighted by Crippen LogP contribution is 2.56. The minimum absolute atomic E-state index is 0.563. The minimum Gasteiger partial charge on any atom is -0.397 e. The quantitative estimate of drug-likeness (QED) is 0.174. The summed E-state index contributed by atoms with van der Waals surface area (Å²) in [5.41, 5.74) is 28.8. The first kappa shape index (κ1) is 31.1. The smallest absolute Gasteiger partial charge is 0.0640 e. The predicted molar refractivity (Wildman–Crippen MR) is 223 cm³/mol. The molecule has 0 saturated carbocycles. The van der Waals surface area contributed by atoms with Crippen LogP contribution < -0.4 is 11.5 Å². The zero-order chi connectivity index (χ0) is 35.0. The lowest BCUT2D eigenvalue weighted by Crippen LogP contribution is -2.07.